The molecule has 1 aromatic carbocycles. The summed E-state index contributed by atoms with van der Waals surface area (Å²) < 4.78 is 13.6. The fourth-order valence-corrected chi connectivity index (χ4v) is 2.70. The lowest BCUT2D eigenvalue weighted by Crippen LogP contribution is -2.23. The summed E-state index contributed by atoms with van der Waals surface area (Å²) in [5.74, 6) is 0. The van der Waals surface area contributed by atoms with E-state index in [9.17, 15) is 0 Å². The van der Waals surface area contributed by atoms with E-state index < -0.39 is 0 Å². The molecule has 0 bridgehead atoms. The second kappa shape index (κ2) is 5.76. The highest BCUT2D eigenvalue weighted by atomic mass is 16.7. The first kappa shape index (κ1) is 12.7. The summed E-state index contributed by atoms with van der Waals surface area (Å²) in [5.41, 5.74) is 2.61. The van der Waals surface area contributed by atoms with Crippen molar-refractivity contribution in [3.05, 3.63) is 36.0 Å². The van der Waals surface area contributed by atoms with E-state index in [2.05, 4.69) is 42.0 Å². The number of nitrogens with zero attached hydrogens (tertiary/aromatic N) is 1. The number of rotatable bonds is 4. The van der Waals surface area contributed by atoms with Crippen molar-refractivity contribution in [2.45, 2.75) is 39.0 Å². The molecule has 2 heterocycles. The molecule has 0 saturated carbocycles. The van der Waals surface area contributed by atoms with E-state index in [1.165, 1.54) is 29.3 Å². The summed E-state index contributed by atoms with van der Waals surface area (Å²) in [4.78, 5) is 0. The highest BCUT2D eigenvalue weighted by molar-refractivity contribution is 5.83. The van der Waals surface area contributed by atoms with Crippen molar-refractivity contribution < 1.29 is 9.47 Å². The Balaban J connectivity index is 1.60. The third-order valence-electron chi connectivity index (χ3n) is 3.81. The molecule has 1 atom stereocenters. The van der Waals surface area contributed by atoms with Gasteiger partial charge in [0.25, 0.3) is 0 Å². The highest BCUT2D eigenvalue weighted by Crippen LogP contribution is 2.19. The van der Waals surface area contributed by atoms with Gasteiger partial charge in [0.05, 0.1) is 6.61 Å². The molecule has 1 aliphatic heterocycles. The third-order valence-corrected chi connectivity index (χ3v) is 3.81. The lowest BCUT2D eigenvalue weighted by molar-refractivity contribution is -0.163. The van der Waals surface area contributed by atoms with E-state index in [-0.39, 0.29) is 6.29 Å². The fourth-order valence-electron chi connectivity index (χ4n) is 2.70. The Morgan fingerprint density at radius 1 is 1.32 bits per heavy atom. The Bertz CT molecular complexity index is 541. The molecule has 3 heteroatoms. The quantitative estimate of drug-likeness (QED) is 0.839. The van der Waals surface area contributed by atoms with E-state index in [0.29, 0.717) is 6.61 Å². The normalized spacial score (nSPS) is 19.9. The van der Waals surface area contributed by atoms with Crippen molar-refractivity contribution in [3.8, 4) is 0 Å². The Kier molecular flexibility index (Phi) is 3.85. The van der Waals surface area contributed by atoms with Crippen LogP contribution in [0.25, 0.3) is 10.9 Å². The van der Waals surface area contributed by atoms with Gasteiger partial charge in [0, 0.05) is 30.3 Å². The molecule has 1 fully saturated rings. The highest BCUT2D eigenvalue weighted by Gasteiger charge is 2.13. The molecule has 1 aliphatic rings. The number of benzene rings is 1. The van der Waals surface area contributed by atoms with Gasteiger partial charge < -0.3 is 14.0 Å². The molecule has 0 N–H and O–H groups in total. The molecular weight excluding hydrogens is 238 g/mol. The van der Waals surface area contributed by atoms with Gasteiger partial charge >= 0.3 is 0 Å². The Hall–Kier alpha value is -1.32. The first-order valence-electron chi connectivity index (χ1n) is 7.12. The Labute approximate surface area is 114 Å². The average Bonchev–Trinajstić information content (AvgIpc) is 2.85. The van der Waals surface area contributed by atoms with Gasteiger partial charge in [-0.2, -0.15) is 0 Å². The van der Waals surface area contributed by atoms with Crippen molar-refractivity contribution in [2.75, 3.05) is 13.2 Å². The maximum absolute atomic E-state index is 5.79. The van der Waals surface area contributed by atoms with Gasteiger partial charge in [0.15, 0.2) is 6.29 Å². The average molecular weight is 259 g/mol. The molecule has 1 unspecified atom stereocenters. The van der Waals surface area contributed by atoms with Crippen molar-refractivity contribution >= 4 is 10.9 Å². The number of aromatic nitrogens is 1. The second-order valence-electron chi connectivity index (χ2n) is 5.18. The molecule has 2 aromatic rings. The monoisotopic (exact) mass is 259 g/mol. The summed E-state index contributed by atoms with van der Waals surface area (Å²) in [6.45, 7) is 4.59. The Morgan fingerprint density at radius 2 is 2.26 bits per heavy atom. The van der Waals surface area contributed by atoms with Gasteiger partial charge in [-0.3, -0.25) is 0 Å². The number of fused-ring (bicyclic) bond motifs is 1. The summed E-state index contributed by atoms with van der Waals surface area (Å²) in [5, 5.41) is 1.33. The van der Waals surface area contributed by atoms with E-state index in [1.807, 2.05) is 0 Å². The van der Waals surface area contributed by atoms with Crippen LogP contribution in [0.5, 0.6) is 0 Å². The number of hydrogen-bond donors (Lipinski definition) is 0. The first-order chi connectivity index (χ1) is 9.34. The minimum atomic E-state index is 0.0114. The van der Waals surface area contributed by atoms with E-state index in [0.717, 1.165) is 19.6 Å². The van der Waals surface area contributed by atoms with Crippen LogP contribution >= 0.6 is 0 Å². The zero-order valence-electron chi connectivity index (χ0n) is 11.5. The number of hydrogen-bond acceptors (Lipinski definition) is 2. The van der Waals surface area contributed by atoms with Crippen LogP contribution in [-0.2, 0) is 16.0 Å². The van der Waals surface area contributed by atoms with Crippen molar-refractivity contribution in [1.29, 1.82) is 0 Å². The molecule has 0 aliphatic carbocycles. The standard InChI is InChI=1S/C16H21NO2/c1-13-5-4-6-15-14(13)8-9-17(15)10-12-19-16-7-2-3-11-18-16/h4-6,8-9,16H,2-3,7,10-12H2,1H3. The summed E-state index contributed by atoms with van der Waals surface area (Å²) in [6, 6.07) is 8.61. The van der Waals surface area contributed by atoms with Crippen LogP contribution in [0.4, 0.5) is 0 Å². The fraction of sp³-hybridized carbons (Fsp3) is 0.500. The van der Waals surface area contributed by atoms with Crippen LogP contribution in [-0.4, -0.2) is 24.1 Å². The second-order valence-corrected chi connectivity index (χ2v) is 5.18. The summed E-state index contributed by atoms with van der Waals surface area (Å²) in [6.07, 6.45) is 5.57. The predicted octanol–water partition coefficient (Wildman–Crippen LogP) is 3.49. The molecule has 0 spiro atoms. The zero-order valence-corrected chi connectivity index (χ0v) is 11.5. The lowest BCUT2D eigenvalue weighted by atomic mass is 10.1. The van der Waals surface area contributed by atoms with Gasteiger partial charge in [-0.15, -0.1) is 0 Å². The van der Waals surface area contributed by atoms with Crippen LogP contribution in [0.2, 0.25) is 0 Å². The van der Waals surface area contributed by atoms with Crippen molar-refractivity contribution in [2.24, 2.45) is 0 Å². The van der Waals surface area contributed by atoms with Gasteiger partial charge in [-0.05, 0) is 43.9 Å². The van der Waals surface area contributed by atoms with Gasteiger partial charge in [-0.1, -0.05) is 12.1 Å². The third kappa shape index (κ3) is 2.82. The Morgan fingerprint density at radius 3 is 3.11 bits per heavy atom. The van der Waals surface area contributed by atoms with Crippen LogP contribution in [0.3, 0.4) is 0 Å². The van der Waals surface area contributed by atoms with Gasteiger partial charge in [0.2, 0.25) is 0 Å². The van der Waals surface area contributed by atoms with Gasteiger partial charge in [-0.25, -0.2) is 0 Å². The van der Waals surface area contributed by atoms with Crippen LogP contribution in [0.15, 0.2) is 30.5 Å². The molecule has 0 radical (unpaired) electrons. The van der Waals surface area contributed by atoms with Gasteiger partial charge in [0.1, 0.15) is 0 Å². The van der Waals surface area contributed by atoms with E-state index in [1.54, 1.807) is 0 Å². The van der Waals surface area contributed by atoms with Crippen LogP contribution < -0.4 is 0 Å². The van der Waals surface area contributed by atoms with E-state index in [4.69, 9.17) is 9.47 Å². The molecular formula is C16H21NO2. The summed E-state index contributed by atoms with van der Waals surface area (Å²) in [7, 11) is 0. The van der Waals surface area contributed by atoms with E-state index >= 15 is 0 Å². The maximum Gasteiger partial charge on any atom is 0.157 e. The molecule has 1 saturated heterocycles. The largest absolute Gasteiger partial charge is 0.353 e. The molecule has 3 rings (SSSR count). The lowest BCUT2D eigenvalue weighted by Gasteiger charge is -2.22. The number of ether oxygens (including phenoxy) is 2. The molecule has 1 aromatic heterocycles. The number of aryl methyl sites for hydroxylation is 1. The zero-order chi connectivity index (χ0) is 13.1. The van der Waals surface area contributed by atoms with Crippen molar-refractivity contribution in [3.63, 3.8) is 0 Å². The van der Waals surface area contributed by atoms with Crippen LogP contribution in [0.1, 0.15) is 24.8 Å². The first-order valence-corrected chi connectivity index (χ1v) is 7.12. The van der Waals surface area contributed by atoms with Crippen molar-refractivity contribution in [1.82, 2.24) is 4.57 Å². The SMILES string of the molecule is Cc1cccc2c1ccn2CCOC1CCCCO1. The van der Waals surface area contributed by atoms with Crippen LogP contribution in [0, 0.1) is 6.92 Å². The predicted molar refractivity (Wildman–Crippen MR) is 76.2 cm³/mol. The minimum absolute atomic E-state index is 0.0114. The molecule has 19 heavy (non-hydrogen) atoms. The summed E-state index contributed by atoms with van der Waals surface area (Å²) >= 11 is 0. The smallest absolute Gasteiger partial charge is 0.157 e. The topological polar surface area (TPSA) is 23.4 Å². The molecule has 3 nitrogen and oxygen atoms in total. The maximum atomic E-state index is 5.79. The minimum Gasteiger partial charge on any atom is -0.353 e. The molecule has 0 amide bonds. The molecule has 102 valence electrons.